The molecule has 2 aliphatic rings. The van der Waals surface area contributed by atoms with Gasteiger partial charge < -0.3 is 9.64 Å². The molecule has 0 amide bonds. The van der Waals surface area contributed by atoms with Gasteiger partial charge >= 0.3 is 0 Å². The van der Waals surface area contributed by atoms with Crippen LogP contribution < -0.4 is 5.32 Å². The van der Waals surface area contributed by atoms with Gasteiger partial charge in [0.1, 0.15) is 6.04 Å². The minimum atomic E-state index is -0.0136. The Bertz CT molecular complexity index is 253. The summed E-state index contributed by atoms with van der Waals surface area (Å²) in [7, 11) is 2.12. The molecule has 2 rings (SSSR count). The van der Waals surface area contributed by atoms with Gasteiger partial charge in [0.25, 0.3) is 0 Å². The van der Waals surface area contributed by atoms with Crippen LogP contribution in [0.5, 0.6) is 0 Å². The summed E-state index contributed by atoms with van der Waals surface area (Å²) in [6.45, 7) is 2.56. The van der Waals surface area contributed by atoms with Gasteiger partial charge in [-0.25, -0.2) is 0 Å². The molecule has 16 heavy (non-hydrogen) atoms. The predicted octanol–water partition coefficient (Wildman–Crippen LogP) is 0.741. The molecule has 0 radical (unpaired) electrons. The van der Waals surface area contributed by atoms with Crippen LogP contribution in [0, 0.1) is 11.3 Å². The standard InChI is InChI=1S/C12H21N3O/c1-15(12-4-6-16-7-5-12)9-11(8-13)14-10-2-3-10/h10-12,14H,2-7,9H2,1H3. The first-order chi connectivity index (χ1) is 7.79. The molecule has 4 nitrogen and oxygen atoms in total. The quantitative estimate of drug-likeness (QED) is 0.747. The van der Waals surface area contributed by atoms with Crippen molar-refractivity contribution in [2.75, 3.05) is 26.8 Å². The van der Waals surface area contributed by atoms with Crippen LogP contribution in [0.4, 0.5) is 0 Å². The smallest absolute Gasteiger partial charge is 0.108 e. The molecule has 1 heterocycles. The van der Waals surface area contributed by atoms with Crippen molar-refractivity contribution in [3.05, 3.63) is 0 Å². The highest BCUT2D eigenvalue weighted by Crippen LogP contribution is 2.20. The summed E-state index contributed by atoms with van der Waals surface area (Å²) in [5.74, 6) is 0. The number of hydrogen-bond acceptors (Lipinski definition) is 4. The number of nitriles is 1. The highest BCUT2D eigenvalue weighted by Gasteiger charge is 2.26. The summed E-state index contributed by atoms with van der Waals surface area (Å²) in [4.78, 5) is 2.31. The van der Waals surface area contributed by atoms with E-state index >= 15 is 0 Å². The van der Waals surface area contributed by atoms with E-state index in [4.69, 9.17) is 10.00 Å². The van der Waals surface area contributed by atoms with Crippen molar-refractivity contribution in [3.63, 3.8) is 0 Å². The summed E-state index contributed by atoms with van der Waals surface area (Å²) < 4.78 is 5.35. The lowest BCUT2D eigenvalue weighted by Crippen LogP contribution is -2.45. The third kappa shape index (κ3) is 3.44. The Morgan fingerprint density at radius 3 is 2.62 bits per heavy atom. The molecule has 1 atom stereocenters. The molecule has 1 aliphatic heterocycles. The first-order valence-corrected chi connectivity index (χ1v) is 6.23. The number of ether oxygens (including phenoxy) is 1. The number of rotatable bonds is 5. The Morgan fingerprint density at radius 1 is 1.38 bits per heavy atom. The molecule has 0 spiro atoms. The van der Waals surface area contributed by atoms with E-state index in [2.05, 4.69) is 23.3 Å². The second-order valence-electron chi connectivity index (χ2n) is 4.91. The highest BCUT2D eigenvalue weighted by atomic mass is 16.5. The number of hydrogen-bond donors (Lipinski definition) is 1. The van der Waals surface area contributed by atoms with Gasteiger partial charge in [-0.15, -0.1) is 0 Å². The Hall–Kier alpha value is -0.630. The summed E-state index contributed by atoms with van der Waals surface area (Å²) in [6.07, 6.45) is 4.66. The summed E-state index contributed by atoms with van der Waals surface area (Å²) in [5.41, 5.74) is 0. The number of nitrogens with zero attached hydrogens (tertiary/aromatic N) is 2. The molecular weight excluding hydrogens is 202 g/mol. The van der Waals surface area contributed by atoms with Crippen molar-refractivity contribution < 1.29 is 4.74 Å². The first-order valence-electron chi connectivity index (χ1n) is 6.23. The fraction of sp³-hybridized carbons (Fsp3) is 0.917. The molecule has 4 heteroatoms. The van der Waals surface area contributed by atoms with Crippen molar-refractivity contribution in [1.82, 2.24) is 10.2 Å². The van der Waals surface area contributed by atoms with Gasteiger partial charge in [0.15, 0.2) is 0 Å². The molecule has 1 saturated heterocycles. The summed E-state index contributed by atoms with van der Waals surface area (Å²) in [5, 5.41) is 12.5. The third-order valence-corrected chi connectivity index (χ3v) is 3.45. The molecule has 1 aliphatic carbocycles. The van der Waals surface area contributed by atoms with Crippen molar-refractivity contribution >= 4 is 0 Å². The number of nitrogens with one attached hydrogen (secondary N) is 1. The van der Waals surface area contributed by atoms with E-state index in [-0.39, 0.29) is 6.04 Å². The molecular formula is C12H21N3O. The van der Waals surface area contributed by atoms with E-state index in [1.807, 2.05) is 0 Å². The Kier molecular flexibility index (Phi) is 4.16. The van der Waals surface area contributed by atoms with Gasteiger partial charge in [0.05, 0.1) is 6.07 Å². The average molecular weight is 223 g/mol. The summed E-state index contributed by atoms with van der Waals surface area (Å²) in [6, 6.07) is 3.54. The molecule has 2 fully saturated rings. The summed E-state index contributed by atoms with van der Waals surface area (Å²) >= 11 is 0. The minimum Gasteiger partial charge on any atom is -0.381 e. The lowest BCUT2D eigenvalue weighted by atomic mass is 10.1. The third-order valence-electron chi connectivity index (χ3n) is 3.45. The van der Waals surface area contributed by atoms with Gasteiger partial charge in [-0.2, -0.15) is 5.26 Å². The molecule has 0 aromatic rings. The van der Waals surface area contributed by atoms with Crippen LogP contribution in [-0.4, -0.2) is 49.8 Å². The highest BCUT2D eigenvalue weighted by molar-refractivity contribution is 4.97. The van der Waals surface area contributed by atoms with Crippen molar-refractivity contribution in [2.24, 2.45) is 0 Å². The zero-order valence-corrected chi connectivity index (χ0v) is 9.98. The zero-order valence-electron chi connectivity index (χ0n) is 9.98. The maximum atomic E-state index is 9.09. The SMILES string of the molecule is CN(CC(C#N)NC1CC1)C1CCOCC1. The van der Waals surface area contributed by atoms with Gasteiger partial charge in [-0.3, -0.25) is 5.32 Å². The minimum absolute atomic E-state index is 0.0136. The number of likely N-dealkylation sites (N-methyl/N-ethyl adjacent to an activating group) is 1. The van der Waals surface area contributed by atoms with E-state index in [1.54, 1.807) is 0 Å². The van der Waals surface area contributed by atoms with Crippen molar-refractivity contribution in [3.8, 4) is 6.07 Å². The van der Waals surface area contributed by atoms with E-state index in [0.29, 0.717) is 12.1 Å². The lowest BCUT2D eigenvalue weighted by Gasteiger charge is -2.32. The van der Waals surface area contributed by atoms with Crippen LogP contribution in [0.1, 0.15) is 25.7 Å². The second-order valence-corrected chi connectivity index (χ2v) is 4.91. The van der Waals surface area contributed by atoms with Crippen LogP contribution in [0.15, 0.2) is 0 Å². The molecule has 0 bridgehead atoms. The van der Waals surface area contributed by atoms with Crippen LogP contribution in [0.2, 0.25) is 0 Å². The maximum absolute atomic E-state index is 9.09. The van der Waals surface area contributed by atoms with E-state index < -0.39 is 0 Å². The molecule has 1 N–H and O–H groups in total. The van der Waals surface area contributed by atoms with Crippen LogP contribution >= 0.6 is 0 Å². The average Bonchev–Trinajstić information content (AvgIpc) is 3.13. The van der Waals surface area contributed by atoms with Crippen LogP contribution in [0.3, 0.4) is 0 Å². The zero-order chi connectivity index (χ0) is 11.4. The van der Waals surface area contributed by atoms with E-state index in [0.717, 1.165) is 32.6 Å². The van der Waals surface area contributed by atoms with E-state index in [1.165, 1.54) is 12.8 Å². The first kappa shape index (κ1) is 11.8. The predicted molar refractivity (Wildman–Crippen MR) is 62.0 cm³/mol. The molecule has 0 aromatic heterocycles. The second kappa shape index (κ2) is 5.62. The topological polar surface area (TPSA) is 48.3 Å². The Labute approximate surface area is 97.6 Å². The van der Waals surface area contributed by atoms with Crippen molar-refractivity contribution in [1.29, 1.82) is 5.26 Å². The molecule has 0 aromatic carbocycles. The van der Waals surface area contributed by atoms with Gasteiger partial charge in [-0.1, -0.05) is 0 Å². The fourth-order valence-corrected chi connectivity index (χ4v) is 2.23. The van der Waals surface area contributed by atoms with Crippen LogP contribution in [-0.2, 0) is 4.74 Å². The van der Waals surface area contributed by atoms with E-state index in [9.17, 15) is 0 Å². The molecule has 1 saturated carbocycles. The van der Waals surface area contributed by atoms with Gasteiger partial charge in [0.2, 0.25) is 0 Å². The Morgan fingerprint density at radius 2 is 2.06 bits per heavy atom. The molecule has 90 valence electrons. The normalized spacial score (nSPS) is 24.3. The lowest BCUT2D eigenvalue weighted by molar-refractivity contribution is 0.0417. The van der Waals surface area contributed by atoms with Gasteiger partial charge in [-0.05, 0) is 32.7 Å². The Balaban J connectivity index is 1.74. The maximum Gasteiger partial charge on any atom is 0.108 e. The van der Waals surface area contributed by atoms with Crippen LogP contribution in [0.25, 0.3) is 0 Å². The fourth-order valence-electron chi connectivity index (χ4n) is 2.23. The van der Waals surface area contributed by atoms with Gasteiger partial charge in [0, 0.05) is 31.8 Å². The molecule has 1 unspecified atom stereocenters. The monoisotopic (exact) mass is 223 g/mol. The largest absolute Gasteiger partial charge is 0.381 e. The van der Waals surface area contributed by atoms with Crippen molar-refractivity contribution in [2.45, 2.75) is 43.8 Å².